The molecule has 24 heavy (non-hydrogen) atoms. The number of hydrogen-bond donors (Lipinski definition) is 1. The third-order valence-electron chi connectivity index (χ3n) is 4.67. The Morgan fingerprint density at radius 1 is 1.00 bits per heavy atom. The summed E-state index contributed by atoms with van der Waals surface area (Å²) >= 11 is 0. The molecule has 0 saturated carbocycles. The van der Waals surface area contributed by atoms with Crippen LogP contribution in [-0.4, -0.2) is 47.0 Å². The van der Waals surface area contributed by atoms with E-state index in [0.717, 1.165) is 32.6 Å². The molecule has 0 radical (unpaired) electrons. The van der Waals surface area contributed by atoms with Crippen molar-refractivity contribution in [1.29, 1.82) is 0 Å². The zero-order valence-corrected chi connectivity index (χ0v) is 14.1. The Hall–Kier alpha value is -2.33. The molecule has 1 aliphatic rings. The number of aromatic hydroxyl groups is 1. The first kappa shape index (κ1) is 16.5. The topological polar surface area (TPSA) is 43.8 Å². The monoisotopic (exact) mass is 324 g/mol. The van der Waals surface area contributed by atoms with Crippen molar-refractivity contribution in [2.24, 2.45) is 0 Å². The Balaban J connectivity index is 1.64. The van der Waals surface area contributed by atoms with Crippen LogP contribution < -0.4 is 0 Å². The highest BCUT2D eigenvalue weighted by atomic mass is 16.3. The van der Waals surface area contributed by atoms with Crippen LogP contribution in [0.3, 0.4) is 0 Å². The van der Waals surface area contributed by atoms with Gasteiger partial charge in [0.05, 0.1) is 5.56 Å². The normalized spacial score (nSPS) is 16.0. The van der Waals surface area contributed by atoms with Crippen molar-refractivity contribution in [1.82, 2.24) is 9.80 Å². The number of rotatable bonds is 3. The van der Waals surface area contributed by atoms with Crippen LogP contribution in [-0.2, 0) is 6.54 Å². The van der Waals surface area contributed by atoms with Crippen LogP contribution in [0.4, 0.5) is 0 Å². The first-order valence-corrected chi connectivity index (χ1v) is 8.49. The number of amides is 1. The van der Waals surface area contributed by atoms with Crippen molar-refractivity contribution in [3.8, 4) is 5.75 Å². The number of hydrogen-bond acceptors (Lipinski definition) is 3. The Morgan fingerprint density at radius 3 is 2.54 bits per heavy atom. The zero-order valence-electron chi connectivity index (χ0n) is 14.1. The van der Waals surface area contributed by atoms with Gasteiger partial charge in [-0.25, -0.2) is 0 Å². The zero-order chi connectivity index (χ0) is 16.9. The van der Waals surface area contributed by atoms with Gasteiger partial charge in [0.1, 0.15) is 5.75 Å². The molecule has 0 bridgehead atoms. The highest BCUT2D eigenvalue weighted by molar-refractivity contribution is 5.96. The highest BCUT2D eigenvalue weighted by Gasteiger charge is 2.22. The van der Waals surface area contributed by atoms with Gasteiger partial charge in [-0.3, -0.25) is 9.69 Å². The first-order chi connectivity index (χ1) is 11.6. The molecular formula is C20H24N2O2. The summed E-state index contributed by atoms with van der Waals surface area (Å²) in [6.45, 7) is 6.33. The summed E-state index contributed by atoms with van der Waals surface area (Å²) in [7, 11) is 0. The van der Waals surface area contributed by atoms with Gasteiger partial charge in [-0.15, -0.1) is 0 Å². The molecule has 1 saturated heterocycles. The van der Waals surface area contributed by atoms with Gasteiger partial charge >= 0.3 is 0 Å². The second-order valence-electron chi connectivity index (χ2n) is 6.37. The maximum absolute atomic E-state index is 12.6. The molecule has 1 N–H and O–H groups in total. The number of aryl methyl sites for hydroxylation is 1. The summed E-state index contributed by atoms with van der Waals surface area (Å²) in [5.41, 5.74) is 3.05. The average Bonchev–Trinajstić information content (AvgIpc) is 2.82. The van der Waals surface area contributed by atoms with Gasteiger partial charge in [-0.1, -0.05) is 36.4 Å². The standard InChI is InChI=1S/C20H24N2O2/c1-16-7-2-3-8-17(16)15-21-11-6-12-22(14-13-21)20(24)18-9-4-5-10-19(18)23/h2-5,7-10,23H,6,11-15H2,1H3. The molecule has 1 amide bonds. The van der Waals surface area contributed by atoms with Crippen LogP contribution in [0.15, 0.2) is 48.5 Å². The van der Waals surface area contributed by atoms with Crippen LogP contribution in [0, 0.1) is 6.92 Å². The van der Waals surface area contributed by atoms with Gasteiger partial charge in [0.25, 0.3) is 5.91 Å². The van der Waals surface area contributed by atoms with E-state index in [1.165, 1.54) is 11.1 Å². The molecular weight excluding hydrogens is 300 g/mol. The minimum Gasteiger partial charge on any atom is -0.507 e. The van der Waals surface area contributed by atoms with Crippen LogP contribution in [0.25, 0.3) is 0 Å². The van der Waals surface area contributed by atoms with E-state index in [0.29, 0.717) is 12.1 Å². The van der Waals surface area contributed by atoms with Crippen molar-refractivity contribution in [2.75, 3.05) is 26.2 Å². The second-order valence-corrected chi connectivity index (χ2v) is 6.37. The minimum atomic E-state index is -0.0779. The molecule has 1 heterocycles. The largest absolute Gasteiger partial charge is 0.507 e. The number of nitrogens with zero attached hydrogens (tertiary/aromatic N) is 2. The molecule has 0 aliphatic carbocycles. The quantitative estimate of drug-likeness (QED) is 0.944. The van der Waals surface area contributed by atoms with Gasteiger partial charge in [-0.2, -0.15) is 0 Å². The van der Waals surface area contributed by atoms with Gasteiger partial charge in [-0.05, 0) is 36.6 Å². The van der Waals surface area contributed by atoms with E-state index in [2.05, 4.69) is 36.1 Å². The van der Waals surface area contributed by atoms with Crippen molar-refractivity contribution in [3.05, 3.63) is 65.2 Å². The molecule has 2 aromatic carbocycles. The predicted octanol–water partition coefficient (Wildman–Crippen LogP) is 3.05. The van der Waals surface area contributed by atoms with Crippen LogP contribution in [0.5, 0.6) is 5.75 Å². The van der Waals surface area contributed by atoms with E-state index in [1.54, 1.807) is 24.3 Å². The van der Waals surface area contributed by atoms with Crippen molar-refractivity contribution < 1.29 is 9.90 Å². The second kappa shape index (κ2) is 7.49. The molecule has 0 unspecified atom stereocenters. The van der Waals surface area contributed by atoms with Crippen molar-refractivity contribution >= 4 is 5.91 Å². The van der Waals surface area contributed by atoms with Gasteiger partial charge < -0.3 is 10.0 Å². The molecule has 3 rings (SSSR count). The van der Waals surface area contributed by atoms with Crippen molar-refractivity contribution in [3.63, 3.8) is 0 Å². The van der Waals surface area contributed by atoms with Crippen LogP contribution in [0.2, 0.25) is 0 Å². The van der Waals surface area contributed by atoms with E-state index in [1.807, 2.05) is 4.90 Å². The number of benzene rings is 2. The lowest BCUT2D eigenvalue weighted by Gasteiger charge is -2.23. The molecule has 2 aromatic rings. The fourth-order valence-corrected chi connectivity index (χ4v) is 3.19. The summed E-state index contributed by atoms with van der Waals surface area (Å²) in [4.78, 5) is 16.9. The molecule has 0 atom stereocenters. The number of para-hydroxylation sites is 1. The molecule has 0 aromatic heterocycles. The van der Waals surface area contributed by atoms with E-state index in [4.69, 9.17) is 0 Å². The van der Waals surface area contributed by atoms with E-state index >= 15 is 0 Å². The summed E-state index contributed by atoms with van der Waals surface area (Å²) < 4.78 is 0. The lowest BCUT2D eigenvalue weighted by Crippen LogP contribution is -2.35. The molecule has 1 aliphatic heterocycles. The van der Waals surface area contributed by atoms with E-state index in [-0.39, 0.29) is 11.7 Å². The molecule has 4 heteroatoms. The fourth-order valence-electron chi connectivity index (χ4n) is 3.19. The predicted molar refractivity (Wildman–Crippen MR) is 95.1 cm³/mol. The molecule has 4 nitrogen and oxygen atoms in total. The van der Waals surface area contributed by atoms with Crippen molar-refractivity contribution in [2.45, 2.75) is 19.9 Å². The van der Waals surface area contributed by atoms with E-state index < -0.39 is 0 Å². The summed E-state index contributed by atoms with van der Waals surface area (Å²) in [6.07, 6.45) is 0.950. The van der Waals surface area contributed by atoms with Crippen LogP contribution >= 0.6 is 0 Å². The third kappa shape index (κ3) is 3.77. The maximum Gasteiger partial charge on any atom is 0.257 e. The number of carbonyl (C=O) groups excluding carboxylic acids is 1. The summed E-state index contributed by atoms with van der Waals surface area (Å²) in [6, 6.07) is 15.2. The van der Waals surface area contributed by atoms with Gasteiger partial charge in [0.15, 0.2) is 0 Å². The Bertz CT molecular complexity index is 714. The number of phenols is 1. The molecule has 126 valence electrons. The lowest BCUT2D eigenvalue weighted by molar-refractivity contribution is 0.0758. The van der Waals surface area contributed by atoms with Gasteiger partial charge in [0.2, 0.25) is 0 Å². The summed E-state index contributed by atoms with van der Waals surface area (Å²) in [5, 5.41) is 9.90. The number of phenolic OH excluding ortho intramolecular Hbond substituents is 1. The molecule has 0 spiro atoms. The minimum absolute atomic E-state index is 0.0588. The SMILES string of the molecule is Cc1ccccc1CN1CCCN(C(=O)c2ccccc2O)CC1. The third-order valence-corrected chi connectivity index (χ3v) is 4.67. The maximum atomic E-state index is 12.6. The Kier molecular flexibility index (Phi) is 5.16. The Labute approximate surface area is 143 Å². The first-order valence-electron chi connectivity index (χ1n) is 8.49. The van der Waals surface area contributed by atoms with Crippen LogP contribution in [0.1, 0.15) is 27.9 Å². The lowest BCUT2D eigenvalue weighted by atomic mass is 10.1. The van der Waals surface area contributed by atoms with Gasteiger partial charge in [0, 0.05) is 32.7 Å². The highest BCUT2D eigenvalue weighted by Crippen LogP contribution is 2.19. The smallest absolute Gasteiger partial charge is 0.257 e. The van der Waals surface area contributed by atoms with E-state index in [9.17, 15) is 9.90 Å². The number of carbonyl (C=O) groups is 1. The molecule has 1 fully saturated rings. The average molecular weight is 324 g/mol. The Morgan fingerprint density at radius 2 is 1.75 bits per heavy atom. The fraction of sp³-hybridized carbons (Fsp3) is 0.350. The summed E-state index contributed by atoms with van der Waals surface area (Å²) in [5.74, 6) is -0.0191.